The van der Waals surface area contributed by atoms with Crippen molar-refractivity contribution in [2.75, 3.05) is 10.7 Å². The molecule has 0 aliphatic carbocycles. The lowest BCUT2D eigenvalue weighted by atomic mass is 9.99. The van der Waals surface area contributed by atoms with Crippen LogP contribution in [0.1, 0.15) is 38.6 Å². The van der Waals surface area contributed by atoms with Crippen molar-refractivity contribution in [2.24, 2.45) is 5.10 Å². The summed E-state index contributed by atoms with van der Waals surface area (Å²) >= 11 is 0. The van der Waals surface area contributed by atoms with Gasteiger partial charge in [-0.15, -0.1) is 0 Å². The maximum absolute atomic E-state index is 10.8. The number of non-ortho nitro benzene ring substituents is 1. The Morgan fingerprint density at radius 3 is 2.54 bits per heavy atom. The number of anilines is 2. The van der Waals surface area contributed by atoms with Gasteiger partial charge < -0.3 is 5.73 Å². The Bertz CT molecular complexity index is 1030. The molecule has 1 aliphatic rings. The Balaban J connectivity index is 2.01. The van der Waals surface area contributed by atoms with Crippen molar-refractivity contribution in [2.45, 2.75) is 32.7 Å². The topological polar surface area (TPSA) is 147 Å². The number of hydrogen-bond donors (Lipinski definition) is 1. The molecule has 1 aliphatic heterocycles. The van der Waals surface area contributed by atoms with E-state index in [-0.39, 0.29) is 34.5 Å². The van der Waals surface area contributed by atoms with Gasteiger partial charge in [-0.2, -0.15) is 25.3 Å². The van der Waals surface area contributed by atoms with Gasteiger partial charge in [0, 0.05) is 24.3 Å². The molecule has 10 nitrogen and oxygen atoms in total. The first-order valence-electron chi connectivity index (χ1n) is 8.42. The predicted octanol–water partition coefficient (Wildman–Crippen LogP) is 2.79. The summed E-state index contributed by atoms with van der Waals surface area (Å²) < 4.78 is 0. The summed E-state index contributed by atoms with van der Waals surface area (Å²) in [6.07, 6.45) is 2.28. The maximum Gasteiger partial charge on any atom is 0.269 e. The summed E-state index contributed by atoms with van der Waals surface area (Å²) in [7, 11) is 0. The van der Waals surface area contributed by atoms with E-state index < -0.39 is 4.92 Å². The molecule has 0 spiro atoms. The summed E-state index contributed by atoms with van der Waals surface area (Å²) in [5, 5.41) is 26.5. The number of benzene rings is 1. The fourth-order valence-electron chi connectivity index (χ4n) is 2.96. The molecule has 28 heavy (non-hydrogen) atoms. The zero-order chi connectivity index (χ0) is 20.5. The second-order valence-corrected chi connectivity index (χ2v) is 6.97. The Kier molecular flexibility index (Phi) is 4.75. The lowest BCUT2D eigenvalue weighted by Crippen LogP contribution is -2.37. The van der Waals surface area contributed by atoms with Crippen molar-refractivity contribution in [3.05, 3.63) is 45.8 Å². The Hall–Kier alpha value is -3.87. The minimum atomic E-state index is -0.488. The van der Waals surface area contributed by atoms with Gasteiger partial charge in [0.1, 0.15) is 6.07 Å². The highest BCUT2D eigenvalue weighted by molar-refractivity contribution is 5.88. The summed E-state index contributed by atoms with van der Waals surface area (Å²) in [6.45, 7) is 5.93. The Morgan fingerprint density at radius 1 is 1.32 bits per heavy atom. The molecule has 0 fully saturated rings. The number of nitro groups is 1. The number of nitro benzene ring substituents is 1. The molecule has 2 aromatic rings. The number of hydrogen-bond acceptors (Lipinski definition) is 9. The largest absolute Gasteiger partial charge is 0.368 e. The van der Waals surface area contributed by atoms with Crippen LogP contribution in [-0.4, -0.2) is 31.1 Å². The molecule has 1 aromatic heterocycles. The minimum absolute atomic E-state index is 0.0274. The average Bonchev–Trinajstić information content (AvgIpc) is 2.91. The van der Waals surface area contributed by atoms with Gasteiger partial charge in [-0.1, -0.05) is 0 Å². The normalized spacial score (nSPS) is 15.9. The van der Waals surface area contributed by atoms with Crippen molar-refractivity contribution in [3.8, 4) is 6.07 Å². The molecule has 0 saturated heterocycles. The van der Waals surface area contributed by atoms with Crippen LogP contribution in [0.3, 0.4) is 0 Å². The fraction of sp³-hybridized carbons (Fsp3) is 0.278. The van der Waals surface area contributed by atoms with Crippen LogP contribution < -0.4 is 10.7 Å². The molecule has 0 saturated carbocycles. The Morgan fingerprint density at radius 2 is 2.00 bits per heavy atom. The van der Waals surface area contributed by atoms with Gasteiger partial charge in [0.2, 0.25) is 5.95 Å². The quantitative estimate of drug-likeness (QED) is 0.485. The molecule has 0 atom stereocenters. The van der Waals surface area contributed by atoms with Crippen LogP contribution in [0.25, 0.3) is 11.6 Å². The lowest BCUT2D eigenvalue weighted by Gasteiger charge is -2.28. The van der Waals surface area contributed by atoms with Gasteiger partial charge in [-0.3, -0.25) is 10.1 Å². The van der Waals surface area contributed by atoms with Crippen LogP contribution in [0.2, 0.25) is 0 Å². The van der Waals surface area contributed by atoms with Crippen LogP contribution >= 0.6 is 0 Å². The van der Waals surface area contributed by atoms with Crippen molar-refractivity contribution < 1.29 is 4.92 Å². The third-order valence-electron chi connectivity index (χ3n) is 4.14. The molecular formula is C18H18N8O2. The van der Waals surface area contributed by atoms with Gasteiger partial charge in [-0.05, 0) is 44.5 Å². The van der Waals surface area contributed by atoms with Gasteiger partial charge >= 0.3 is 0 Å². The van der Waals surface area contributed by atoms with Crippen LogP contribution in [0, 0.1) is 21.4 Å². The van der Waals surface area contributed by atoms with E-state index in [0.717, 1.165) is 12.1 Å². The number of nitrogens with two attached hydrogens (primary N) is 1. The highest BCUT2D eigenvalue weighted by Crippen LogP contribution is 2.31. The third-order valence-corrected chi connectivity index (χ3v) is 4.14. The minimum Gasteiger partial charge on any atom is -0.368 e. The van der Waals surface area contributed by atoms with Crippen LogP contribution in [0.15, 0.2) is 29.4 Å². The number of nitriles is 1. The zero-order valence-electron chi connectivity index (χ0n) is 15.6. The molecule has 2 heterocycles. The van der Waals surface area contributed by atoms with Crippen molar-refractivity contribution in [3.63, 3.8) is 0 Å². The second-order valence-electron chi connectivity index (χ2n) is 6.97. The fourth-order valence-corrected chi connectivity index (χ4v) is 2.96. The molecular weight excluding hydrogens is 360 g/mol. The number of nitrogen functional groups attached to an aromatic ring is 1. The molecule has 2 N–H and O–H groups in total. The van der Waals surface area contributed by atoms with Crippen LogP contribution in [0.4, 0.5) is 17.6 Å². The third kappa shape index (κ3) is 3.78. The van der Waals surface area contributed by atoms with E-state index in [1.165, 1.54) is 30.3 Å². The van der Waals surface area contributed by atoms with E-state index in [2.05, 4.69) is 20.1 Å². The van der Waals surface area contributed by atoms with Crippen LogP contribution in [0.5, 0.6) is 0 Å². The standard InChI is InChI=1S/C18H18N8O2/c1-11-9-18(2,3)25(24-11)17-22-15(21-16(20)23-17)13(10-19)8-12-4-6-14(7-5-12)26(27)28/h4-8H,9H2,1-3H3,(H2,20,21,22,23). The lowest BCUT2D eigenvalue weighted by molar-refractivity contribution is -0.384. The van der Waals surface area contributed by atoms with Gasteiger partial charge in [0.15, 0.2) is 5.82 Å². The maximum atomic E-state index is 10.8. The first-order chi connectivity index (χ1) is 13.2. The number of aromatic nitrogens is 3. The van der Waals surface area contributed by atoms with E-state index >= 15 is 0 Å². The molecule has 142 valence electrons. The first kappa shape index (κ1) is 18.9. The van der Waals surface area contributed by atoms with E-state index in [9.17, 15) is 15.4 Å². The predicted molar refractivity (Wildman–Crippen MR) is 105 cm³/mol. The summed E-state index contributed by atoms with van der Waals surface area (Å²) in [6, 6.07) is 7.84. The van der Waals surface area contributed by atoms with E-state index in [4.69, 9.17) is 5.73 Å². The van der Waals surface area contributed by atoms with E-state index in [0.29, 0.717) is 5.56 Å². The van der Waals surface area contributed by atoms with Crippen molar-refractivity contribution >= 4 is 34.9 Å². The smallest absolute Gasteiger partial charge is 0.269 e. The summed E-state index contributed by atoms with van der Waals surface area (Å²) in [4.78, 5) is 22.9. The zero-order valence-corrected chi connectivity index (χ0v) is 15.6. The van der Waals surface area contributed by atoms with Gasteiger partial charge in [-0.25, -0.2) is 5.01 Å². The number of allylic oxidation sites excluding steroid dienone is 1. The molecule has 0 amide bonds. The molecule has 0 bridgehead atoms. The summed E-state index contributed by atoms with van der Waals surface area (Å²) in [5.41, 5.74) is 7.16. The highest BCUT2D eigenvalue weighted by atomic mass is 16.6. The SMILES string of the molecule is CC1=NN(c2nc(N)nc(C(C#N)=Cc3ccc([N+](=O)[O-])cc3)n2)C(C)(C)C1. The Labute approximate surface area is 161 Å². The summed E-state index contributed by atoms with van der Waals surface area (Å²) in [5.74, 6) is 0.341. The number of rotatable bonds is 4. The van der Waals surface area contributed by atoms with E-state index in [1.807, 2.05) is 26.8 Å². The number of hydrazone groups is 1. The van der Waals surface area contributed by atoms with E-state index in [1.54, 1.807) is 5.01 Å². The average molecular weight is 378 g/mol. The first-order valence-corrected chi connectivity index (χ1v) is 8.42. The second kappa shape index (κ2) is 7.03. The van der Waals surface area contributed by atoms with Gasteiger partial charge in [0.05, 0.1) is 16.0 Å². The number of nitrogens with zero attached hydrogens (tertiary/aromatic N) is 7. The molecule has 3 rings (SSSR count). The molecule has 0 radical (unpaired) electrons. The van der Waals surface area contributed by atoms with Crippen LogP contribution in [-0.2, 0) is 0 Å². The highest BCUT2D eigenvalue weighted by Gasteiger charge is 2.35. The molecule has 10 heteroatoms. The molecule has 1 aromatic carbocycles. The molecule has 0 unspecified atom stereocenters. The van der Waals surface area contributed by atoms with Gasteiger partial charge in [0.25, 0.3) is 11.6 Å². The van der Waals surface area contributed by atoms with Crippen molar-refractivity contribution in [1.82, 2.24) is 15.0 Å². The monoisotopic (exact) mass is 378 g/mol. The van der Waals surface area contributed by atoms with Crippen molar-refractivity contribution in [1.29, 1.82) is 5.26 Å².